The molecular formula is C15H12N4. The van der Waals surface area contributed by atoms with E-state index in [2.05, 4.69) is 20.5 Å². The molecule has 2 heterocycles. The molecule has 4 heteroatoms. The summed E-state index contributed by atoms with van der Waals surface area (Å²) in [5.41, 5.74) is 4.63. The zero-order chi connectivity index (χ0) is 12.9. The Morgan fingerprint density at radius 2 is 1.84 bits per heavy atom. The van der Waals surface area contributed by atoms with Gasteiger partial charge in [0.1, 0.15) is 5.82 Å². The molecule has 2 aromatic heterocycles. The topological polar surface area (TPSA) is 50.2 Å². The van der Waals surface area contributed by atoms with Crippen molar-refractivity contribution in [3.05, 3.63) is 66.5 Å². The number of benzene rings is 1. The van der Waals surface area contributed by atoms with Crippen LogP contribution in [0.2, 0.25) is 0 Å². The molecule has 0 saturated heterocycles. The molecule has 19 heavy (non-hydrogen) atoms. The molecule has 0 radical (unpaired) electrons. The fourth-order valence-electron chi connectivity index (χ4n) is 1.75. The molecule has 92 valence electrons. The van der Waals surface area contributed by atoms with Crippen LogP contribution in [-0.4, -0.2) is 16.2 Å². The van der Waals surface area contributed by atoms with Crippen molar-refractivity contribution >= 4 is 22.9 Å². The maximum absolute atomic E-state index is 4.50. The number of para-hydroxylation sites is 1. The first-order valence-corrected chi connectivity index (χ1v) is 5.98. The van der Waals surface area contributed by atoms with Gasteiger partial charge >= 0.3 is 0 Å². The monoisotopic (exact) mass is 248 g/mol. The summed E-state index contributed by atoms with van der Waals surface area (Å²) >= 11 is 0. The molecule has 0 aliphatic heterocycles. The SMILES string of the molecule is C(=NNc1ccccn1)c1ccc2ccccc2n1. The summed E-state index contributed by atoms with van der Waals surface area (Å²) in [5.74, 6) is 0.708. The minimum absolute atomic E-state index is 0.708. The van der Waals surface area contributed by atoms with Crippen LogP contribution in [0.1, 0.15) is 5.69 Å². The second-order valence-electron chi connectivity index (χ2n) is 4.01. The molecule has 4 nitrogen and oxygen atoms in total. The minimum Gasteiger partial charge on any atom is -0.261 e. The molecular weight excluding hydrogens is 236 g/mol. The summed E-state index contributed by atoms with van der Waals surface area (Å²) in [6.45, 7) is 0. The number of rotatable bonds is 3. The number of aromatic nitrogens is 2. The number of hydrazone groups is 1. The number of nitrogens with one attached hydrogen (secondary N) is 1. The molecule has 1 aromatic carbocycles. The highest BCUT2D eigenvalue weighted by molar-refractivity contribution is 5.85. The molecule has 0 unspecified atom stereocenters. The third-order valence-electron chi connectivity index (χ3n) is 2.66. The van der Waals surface area contributed by atoms with Crippen molar-refractivity contribution in [1.82, 2.24) is 9.97 Å². The first kappa shape index (κ1) is 11.3. The summed E-state index contributed by atoms with van der Waals surface area (Å²) in [5, 5.41) is 5.24. The van der Waals surface area contributed by atoms with Crippen molar-refractivity contribution in [3.63, 3.8) is 0 Å². The molecule has 0 aliphatic carbocycles. The largest absolute Gasteiger partial charge is 0.261 e. The lowest BCUT2D eigenvalue weighted by Crippen LogP contribution is -1.94. The molecule has 1 N–H and O–H groups in total. The van der Waals surface area contributed by atoms with Crippen molar-refractivity contribution in [2.75, 3.05) is 5.43 Å². The fraction of sp³-hybridized carbons (Fsp3) is 0. The smallest absolute Gasteiger partial charge is 0.146 e. The average molecular weight is 248 g/mol. The van der Waals surface area contributed by atoms with E-state index in [1.807, 2.05) is 54.6 Å². The first-order chi connectivity index (χ1) is 9.42. The molecule has 0 saturated carbocycles. The van der Waals surface area contributed by atoms with Crippen LogP contribution in [0.15, 0.2) is 65.9 Å². The highest BCUT2D eigenvalue weighted by Gasteiger charge is 1.95. The lowest BCUT2D eigenvalue weighted by atomic mass is 10.2. The second kappa shape index (κ2) is 5.27. The number of anilines is 1. The number of fused-ring (bicyclic) bond motifs is 1. The Morgan fingerprint density at radius 1 is 0.947 bits per heavy atom. The van der Waals surface area contributed by atoms with Gasteiger partial charge in [-0.3, -0.25) is 5.43 Å². The molecule has 0 aliphatic rings. The standard InChI is InChI=1S/C15H12N4/c1-2-6-14-12(5-1)8-9-13(18-14)11-17-19-15-7-3-4-10-16-15/h1-11H,(H,16,19). The van der Waals surface area contributed by atoms with Gasteiger partial charge in [0.25, 0.3) is 0 Å². The van der Waals surface area contributed by atoms with Gasteiger partial charge in [-0.05, 0) is 24.3 Å². The normalized spacial score (nSPS) is 10.9. The van der Waals surface area contributed by atoms with E-state index in [4.69, 9.17) is 0 Å². The number of hydrogen-bond donors (Lipinski definition) is 1. The van der Waals surface area contributed by atoms with Gasteiger partial charge in [0.2, 0.25) is 0 Å². The van der Waals surface area contributed by atoms with Crippen molar-refractivity contribution in [1.29, 1.82) is 0 Å². The van der Waals surface area contributed by atoms with Gasteiger partial charge < -0.3 is 0 Å². The molecule has 3 aromatic rings. The van der Waals surface area contributed by atoms with Crippen molar-refractivity contribution in [2.45, 2.75) is 0 Å². The number of nitrogens with zero attached hydrogens (tertiary/aromatic N) is 3. The van der Waals surface area contributed by atoms with Crippen molar-refractivity contribution < 1.29 is 0 Å². The van der Waals surface area contributed by atoms with Crippen LogP contribution in [0.5, 0.6) is 0 Å². The predicted molar refractivity (Wildman–Crippen MR) is 77.2 cm³/mol. The van der Waals surface area contributed by atoms with E-state index >= 15 is 0 Å². The third-order valence-corrected chi connectivity index (χ3v) is 2.66. The van der Waals surface area contributed by atoms with Gasteiger partial charge in [0.15, 0.2) is 0 Å². The molecule has 0 atom stereocenters. The molecule has 0 fully saturated rings. The van der Waals surface area contributed by atoms with E-state index in [9.17, 15) is 0 Å². The third kappa shape index (κ3) is 2.74. The second-order valence-corrected chi connectivity index (χ2v) is 4.01. The molecule has 0 spiro atoms. The van der Waals surface area contributed by atoms with Gasteiger partial charge in [-0.15, -0.1) is 0 Å². The summed E-state index contributed by atoms with van der Waals surface area (Å²) in [7, 11) is 0. The highest BCUT2D eigenvalue weighted by atomic mass is 15.3. The Hall–Kier alpha value is -2.75. The Balaban J connectivity index is 1.78. The van der Waals surface area contributed by atoms with E-state index in [1.54, 1.807) is 12.4 Å². The maximum Gasteiger partial charge on any atom is 0.146 e. The van der Waals surface area contributed by atoms with Crippen LogP contribution in [0.4, 0.5) is 5.82 Å². The predicted octanol–water partition coefficient (Wildman–Crippen LogP) is 3.08. The van der Waals surface area contributed by atoms with Gasteiger partial charge in [-0.1, -0.05) is 30.3 Å². The number of pyridine rings is 2. The summed E-state index contributed by atoms with van der Waals surface area (Å²) in [6.07, 6.45) is 3.40. The lowest BCUT2D eigenvalue weighted by Gasteiger charge is -1.99. The Kier molecular flexibility index (Phi) is 3.14. The Labute approximate surface area is 110 Å². The molecule has 3 rings (SSSR count). The summed E-state index contributed by atoms with van der Waals surface area (Å²) < 4.78 is 0. The van der Waals surface area contributed by atoms with Crippen LogP contribution in [-0.2, 0) is 0 Å². The quantitative estimate of drug-likeness (QED) is 0.572. The molecule has 0 amide bonds. The Morgan fingerprint density at radius 3 is 2.74 bits per heavy atom. The van der Waals surface area contributed by atoms with Crippen LogP contribution in [0, 0.1) is 0 Å². The van der Waals surface area contributed by atoms with E-state index < -0.39 is 0 Å². The zero-order valence-electron chi connectivity index (χ0n) is 10.2. The van der Waals surface area contributed by atoms with Gasteiger partial charge in [0, 0.05) is 11.6 Å². The highest BCUT2D eigenvalue weighted by Crippen LogP contribution is 2.10. The Bertz CT molecular complexity index is 707. The fourth-order valence-corrected chi connectivity index (χ4v) is 1.75. The van der Waals surface area contributed by atoms with Crippen LogP contribution in [0.25, 0.3) is 10.9 Å². The lowest BCUT2D eigenvalue weighted by molar-refractivity contribution is 1.22. The zero-order valence-corrected chi connectivity index (χ0v) is 10.2. The maximum atomic E-state index is 4.50. The average Bonchev–Trinajstić information content (AvgIpc) is 2.48. The number of hydrogen-bond acceptors (Lipinski definition) is 4. The van der Waals surface area contributed by atoms with Gasteiger partial charge in [0.05, 0.1) is 17.4 Å². The minimum atomic E-state index is 0.708. The van der Waals surface area contributed by atoms with Crippen LogP contribution in [0.3, 0.4) is 0 Å². The summed E-state index contributed by atoms with van der Waals surface area (Å²) in [6, 6.07) is 17.6. The van der Waals surface area contributed by atoms with Crippen LogP contribution >= 0.6 is 0 Å². The van der Waals surface area contributed by atoms with E-state index in [0.717, 1.165) is 16.6 Å². The van der Waals surface area contributed by atoms with Crippen LogP contribution < -0.4 is 5.43 Å². The van der Waals surface area contributed by atoms with E-state index in [1.165, 1.54) is 0 Å². The van der Waals surface area contributed by atoms with E-state index in [0.29, 0.717) is 5.82 Å². The van der Waals surface area contributed by atoms with Crippen molar-refractivity contribution in [2.24, 2.45) is 5.10 Å². The summed E-state index contributed by atoms with van der Waals surface area (Å²) in [4.78, 5) is 8.61. The van der Waals surface area contributed by atoms with Crippen molar-refractivity contribution in [3.8, 4) is 0 Å². The first-order valence-electron chi connectivity index (χ1n) is 5.98. The van der Waals surface area contributed by atoms with Gasteiger partial charge in [-0.2, -0.15) is 5.10 Å². The van der Waals surface area contributed by atoms with E-state index in [-0.39, 0.29) is 0 Å². The molecule has 0 bridgehead atoms. The van der Waals surface area contributed by atoms with Gasteiger partial charge in [-0.25, -0.2) is 9.97 Å².